The van der Waals surface area contributed by atoms with Crippen LogP contribution < -0.4 is 0 Å². The molecule has 17 heavy (non-hydrogen) atoms. The third-order valence-electron chi connectivity index (χ3n) is 3.47. The molecule has 0 aromatic rings. The summed E-state index contributed by atoms with van der Waals surface area (Å²) in [5, 5.41) is 8.53. The Balaban J connectivity index is 2.67. The first-order valence-corrected chi connectivity index (χ1v) is 7.44. The van der Waals surface area contributed by atoms with Crippen molar-refractivity contribution in [2.24, 2.45) is 5.41 Å². The highest BCUT2D eigenvalue weighted by atomic mass is 32.2. The summed E-state index contributed by atoms with van der Waals surface area (Å²) in [4.78, 5) is 13.4. The molecule has 0 aliphatic carbocycles. The molecule has 0 aromatic carbocycles. The summed E-state index contributed by atoms with van der Waals surface area (Å²) in [7, 11) is -3.06. The van der Waals surface area contributed by atoms with Crippen molar-refractivity contribution in [1.29, 1.82) is 5.26 Å². The number of amides is 1. The summed E-state index contributed by atoms with van der Waals surface area (Å²) in [5.41, 5.74) is -1.03. The fourth-order valence-electron chi connectivity index (χ4n) is 1.69. The zero-order chi connectivity index (χ0) is 13.3. The lowest BCUT2D eigenvalue weighted by atomic mass is 9.87. The van der Waals surface area contributed by atoms with E-state index in [9.17, 15) is 13.2 Å². The van der Waals surface area contributed by atoms with E-state index in [4.69, 9.17) is 5.26 Å². The van der Waals surface area contributed by atoms with Gasteiger partial charge in [-0.15, -0.1) is 0 Å². The van der Waals surface area contributed by atoms with E-state index in [1.54, 1.807) is 20.8 Å². The molecular weight excluding hydrogens is 240 g/mol. The van der Waals surface area contributed by atoms with E-state index in [0.717, 1.165) is 0 Å². The quantitative estimate of drug-likeness (QED) is 0.738. The predicted molar refractivity (Wildman–Crippen MR) is 63.8 cm³/mol. The number of nitriles is 1. The molecule has 1 aliphatic heterocycles. The van der Waals surface area contributed by atoms with Gasteiger partial charge in [-0.1, -0.05) is 13.8 Å². The van der Waals surface area contributed by atoms with Crippen LogP contribution in [-0.2, 0) is 14.6 Å². The minimum Gasteiger partial charge on any atom is -0.339 e. The van der Waals surface area contributed by atoms with Crippen molar-refractivity contribution in [1.82, 2.24) is 4.90 Å². The second-order valence-corrected chi connectivity index (χ2v) is 7.15. The van der Waals surface area contributed by atoms with Gasteiger partial charge in [0.25, 0.3) is 0 Å². The summed E-state index contributed by atoms with van der Waals surface area (Å²) in [6.45, 7) is 5.43. The number of carbonyl (C=O) groups is 1. The molecule has 1 saturated heterocycles. The van der Waals surface area contributed by atoms with Gasteiger partial charge in [-0.25, -0.2) is 8.42 Å². The summed E-state index contributed by atoms with van der Waals surface area (Å²) in [6.07, 6.45) is 0.435. The van der Waals surface area contributed by atoms with Crippen LogP contribution in [0.1, 0.15) is 27.2 Å². The molecule has 1 fully saturated rings. The molecule has 1 aliphatic rings. The molecule has 0 saturated carbocycles. The summed E-state index contributed by atoms with van der Waals surface area (Å²) in [5.74, 6) is -0.159. The van der Waals surface area contributed by atoms with E-state index in [-0.39, 0.29) is 24.7 Å². The molecule has 6 heteroatoms. The number of sulfone groups is 1. The number of rotatable bonds is 4. The van der Waals surface area contributed by atoms with Gasteiger partial charge in [0.15, 0.2) is 9.84 Å². The van der Waals surface area contributed by atoms with Crippen molar-refractivity contribution < 1.29 is 13.2 Å². The summed E-state index contributed by atoms with van der Waals surface area (Å²) < 4.78 is 23.1. The van der Waals surface area contributed by atoms with Crippen LogP contribution in [0.5, 0.6) is 0 Å². The van der Waals surface area contributed by atoms with Crippen LogP contribution in [0.4, 0.5) is 0 Å². The number of nitrogens with zero attached hydrogens (tertiary/aromatic N) is 2. The first-order valence-electron chi connectivity index (χ1n) is 5.73. The van der Waals surface area contributed by atoms with Crippen molar-refractivity contribution in [3.63, 3.8) is 0 Å². The molecule has 96 valence electrons. The second-order valence-electron chi connectivity index (χ2n) is 4.58. The predicted octanol–water partition coefficient (Wildman–Crippen LogP) is 0.572. The highest BCUT2D eigenvalue weighted by Gasteiger charge is 2.44. The fourth-order valence-corrected chi connectivity index (χ4v) is 2.98. The van der Waals surface area contributed by atoms with E-state index in [2.05, 4.69) is 0 Å². The Kier molecular flexibility index (Phi) is 3.82. The van der Waals surface area contributed by atoms with Crippen LogP contribution in [0.15, 0.2) is 0 Å². The molecule has 1 unspecified atom stereocenters. The Hall–Kier alpha value is -1.09. The normalized spacial score (nSPS) is 20.2. The van der Waals surface area contributed by atoms with Crippen molar-refractivity contribution >= 4 is 15.7 Å². The lowest BCUT2D eigenvalue weighted by Gasteiger charge is -2.41. The molecule has 0 radical (unpaired) electrons. The SMILES string of the molecule is CCC(C)(C#N)C(=O)N1CC(S(=O)(=O)CC)C1. The Morgan fingerprint density at radius 2 is 2.00 bits per heavy atom. The van der Waals surface area contributed by atoms with Gasteiger partial charge >= 0.3 is 0 Å². The first-order chi connectivity index (χ1) is 7.80. The monoisotopic (exact) mass is 258 g/mol. The van der Waals surface area contributed by atoms with Crippen LogP contribution in [0, 0.1) is 16.7 Å². The Bertz CT molecular complexity index is 446. The van der Waals surface area contributed by atoms with E-state index >= 15 is 0 Å². The highest BCUT2D eigenvalue weighted by Crippen LogP contribution is 2.27. The molecule has 0 bridgehead atoms. The molecule has 1 amide bonds. The van der Waals surface area contributed by atoms with Crippen molar-refractivity contribution in [2.45, 2.75) is 32.4 Å². The van der Waals surface area contributed by atoms with Gasteiger partial charge in [0, 0.05) is 18.8 Å². The molecule has 1 heterocycles. The third kappa shape index (κ3) is 2.44. The van der Waals surface area contributed by atoms with Gasteiger partial charge in [0.2, 0.25) is 5.91 Å². The summed E-state index contributed by atoms with van der Waals surface area (Å²) in [6, 6.07) is 2.00. The van der Waals surface area contributed by atoms with E-state index in [1.807, 2.05) is 6.07 Å². The lowest BCUT2D eigenvalue weighted by molar-refractivity contribution is -0.141. The smallest absolute Gasteiger partial charge is 0.242 e. The van der Waals surface area contributed by atoms with E-state index in [0.29, 0.717) is 6.42 Å². The van der Waals surface area contributed by atoms with Crippen LogP contribution >= 0.6 is 0 Å². The van der Waals surface area contributed by atoms with Crippen LogP contribution in [-0.4, -0.2) is 43.3 Å². The van der Waals surface area contributed by atoms with Gasteiger partial charge < -0.3 is 4.90 Å². The Morgan fingerprint density at radius 1 is 1.47 bits per heavy atom. The standard InChI is InChI=1S/C11H18N2O3S/c1-4-11(3,8-12)10(14)13-6-9(7-13)17(15,16)5-2/h9H,4-7H2,1-3H3. The molecular formula is C11H18N2O3S. The van der Waals surface area contributed by atoms with Crippen LogP contribution in [0.25, 0.3) is 0 Å². The van der Waals surface area contributed by atoms with E-state index < -0.39 is 20.5 Å². The average Bonchev–Trinajstić information content (AvgIpc) is 2.25. The molecule has 5 nitrogen and oxygen atoms in total. The maximum absolute atomic E-state index is 12.0. The molecule has 0 spiro atoms. The summed E-state index contributed by atoms with van der Waals surface area (Å²) >= 11 is 0. The Morgan fingerprint density at radius 3 is 2.35 bits per heavy atom. The third-order valence-corrected chi connectivity index (χ3v) is 5.59. The molecule has 1 rings (SSSR count). The molecule has 1 atom stereocenters. The number of likely N-dealkylation sites (tertiary alicyclic amines) is 1. The largest absolute Gasteiger partial charge is 0.339 e. The first kappa shape index (κ1) is 14.0. The maximum atomic E-state index is 12.0. The molecule has 0 aromatic heterocycles. The zero-order valence-electron chi connectivity index (χ0n) is 10.4. The average molecular weight is 258 g/mol. The minimum absolute atomic E-state index is 0.100. The minimum atomic E-state index is -3.06. The topological polar surface area (TPSA) is 78.2 Å². The van der Waals surface area contributed by atoms with Gasteiger partial charge in [0.1, 0.15) is 5.41 Å². The highest BCUT2D eigenvalue weighted by molar-refractivity contribution is 7.92. The van der Waals surface area contributed by atoms with Crippen LogP contribution in [0.2, 0.25) is 0 Å². The van der Waals surface area contributed by atoms with E-state index in [1.165, 1.54) is 4.90 Å². The van der Waals surface area contributed by atoms with Gasteiger partial charge in [-0.05, 0) is 13.3 Å². The van der Waals surface area contributed by atoms with Crippen LogP contribution in [0.3, 0.4) is 0 Å². The van der Waals surface area contributed by atoms with Crippen molar-refractivity contribution in [3.05, 3.63) is 0 Å². The van der Waals surface area contributed by atoms with Gasteiger partial charge in [-0.3, -0.25) is 4.79 Å². The number of hydrogen-bond donors (Lipinski definition) is 0. The van der Waals surface area contributed by atoms with Gasteiger partial charge in [-0.2, -0.15) is 5.26 Å². The fraction of sp³-hybridized carbons (Fsp3) is 0.818. The number of hydrogen-bond acceptors (Lipinski definition) is 4. The Labute approximate surface area is 102 Å². The van der Waals surface area contributed by atoms with Crippen molar-refractivity contribution in [2.75, 3.05) is 18.8 Å². The second kappa shape index (κ2) is 4.65. The zero-order valence-corrected chi connectivity index (χ0v) is 11.2. The number of carbonyl (C=O) groups excluding carboxylic acids is 1. The lowest BCUT2D eigenvalue weighted by Crippen LogP contribution is -2.60. The molecule has 0 N–H and O–H groups in total. The maximum Gasteiger partial charge on any atom is 0.242 e. The van der Waals surface area contributed by atoms with Gasteiger partial charge in [0.05, 0.1) is 11.3 Å². The van der Waals surface area contributed by atoms with Crippen molar-refractivity contribution in [3.8, 4) is 6.07 Å².